The molecule has 2 aliphatic rings. The van der Waals surface area contributed by atoms with Gasteiger partial charge in [0.05, 0.1) is 0 Å². The quantitative estimate of drug-likeness (QED) is 0.729. The molecule has 28 heavy (non-hydrogen) atoms. The molecule has 0 aromatic heterocycles. The summed E-state index contributed by atoms with van der Waals surface area (Å²) in [6, 6.07) is 0. The van der Waals surface area contributed by atoms with Crippen LogP contribution in [0.25, 0.3) is 0 Å². The molecule has 0 bridgehead atoms. The molecule has 0 atom stereocenters. The Morgan fingerprint density at radius 1 is 1.00 bits per heavy atom. The average molecular weight is 394 g/mol. The Labute approximate surface area is 168 Å². The minimum Gasteiger partial charge on any atom is -0.444 e. The van der Waals surface area contributed by atoms with Crippen LogP contribution in [0.5, 0.6) is 0 Å². The predicted molar refractivity (Wildman–Crippen MR) is 108 cm³/mol. The van der Waals surface area contributed by atoms with Crippen molar-refractivity contribution >= 4 is 17.9 Å². The number of rotatable bonds is 5. The van der Waals surface area contributed by atoms with Crippen molar-refractivity contribution in [2.24, 2.45) is 5.92 Å². The maximum absolute atomic E-state index is 12.4. The number of hydrogen-bond acceptors (Lipinski definition) is 4. The summed E-state index contributed by atoms with van der Waals surface area (Å²) in [6.07, 6.45) is 9.15. The van der Waals surface area contributed by atoms with Crippen LogP contribution in [0.3, 0.4) is 0 Å². The first-order valence-electron chi connectivity index (χ1n) is 10.5. The second-order valence-corrected chi connectivity index (χ2v) is 8.64. The molecule has 158 valence electrons. The van der Waals surface area contributed by atoms with Gasteiger partial charge in [-0.05, 0) is 52.0 Å². The molecule has 0 aromatic carbocycles. The monoisotopic (exact) mass is 393 g/mol. The molecule has 7 nitrogen and oxygen atoms in total. The van der Waals surface area contributed by atoms with Crippen molar-refractivity contribution in [2.45, 2.75) is 64.9 Å². The molecule has 0 spiro atoms. The Kier molecular flexibility index (Phi) is 8.33. The molecule has 1 aliphatic carbocycles. The second kappa shape index (κ2) is 10.5. The van der Waals surface area contributed by atoms with Gasteiger partial charge in [0.15, 0.2) is 0 Å². The summed E-state index contributed by atoms with van der Waals surface area (Å²) in [5.41, 5.74) is -0.554. The average Bonchev–Trinajstić information content (AvgIpc) is 3.00. The largest absolute Gasteiger partial charge is 0.444 e. The molecule has 1 aliphatic heterocycles. The van der Waals surface area contributed by atoms with Gasteiger partial charge in [-0.2, -0.15) is 0 Å². The van der Waals surface area contributed by atoms with E-state index in [1.54, 1.807) is 31.7 Å². The SMILES string of the molecule is CC(C)(C)OC(=O)NCCC(=O)N1CCCN(C(=O)/C=C/C2CCCC2)CC1. The van der Waals surface area contributed by atoms with Crippen molar-refractivity contribution < 1.29 is 19.1 Å². The lowest BCUT2D eigenvalue weighted by Crippen LogP contribution is -2.39. The molecule has 2 rings (SSSR count). The van der Waals surface area contributed by atoms with Gasteiger partial charge in [0, 0.05) is 39.1 Å². The van der Waals surface area contributed by atoms with Crippen LogP contribution in [-0.4, -0.2) is 66.0 Å². The van der Waals surface area contributed by atoms with Crippen molar-refractivity contribution in [3.8, 4) is 0 Å². The van der Waals surface area contributed by atoms with E-state index >= 15 is 0 Å². The van der Waals surface area contributed by atoms with Gasteiger partial charge < -0.3 is 19.9 Å². The molecule has 2 fully saturated rings. The number of ether oxygens (including phenoxy) is 1. The number of carbonyl (C=O) groups is 3. The summed E-state index contributed by atoms with van der Waals surface area (Å²) in [5.74, 6) is 0.589. The van der Waals surface area contributed by atoms with Gasteiger partial charge in [-0.3, -0.25) is 9.59 Å². The van der Waals surface area contributed by atoms with Crippen molar-refractivity contribution in [2.75, 3.05) is 32.7 Å². The first-order valence-corrected chi connectivity index (χ1v) is 10.5. The summed E-state index contributed by atoms with van der Waals surface area (Å²) in [6.45, 7) is 8.04. The molecule has 0 radical (unpaired) electrons. The van der Waals surface area contributed by atoms with Gasteiger partial charge in [0.1, 0.15) is 5.60 Å². The Morgan fingerprint density at radius 3 is 2.32 bits per heavy atom. The molecule has 1 saturated carbocycles. The maximum Gasteiger partial charge on any atom is 0.407 e. The van der Waals surface area contributed by atoms with Crippen molar-refractivity contribution in [1.82, 2.24) is 15.1 Å². The molecule has 1 N–H and O–H groups in total. The molecule has 1 saturated heterocycles. The van der Waals surface area contributed by atoms with Gasteiger partial charge in [0.2, 0.25) is 11.8 Å². The zero-order chi connectivity index (χ0) is 20.6. The van der Waals surface area contributed by atoms with Crippen LogP contribution in [-0.2, 0) is 14.3 Å². The smallest absolute Gasteiger partial charge is 0.407 e. The standard InChI is InChI=1S/C21H35N3O4/c1-21(2,3)28-20(27)22-12-11-19(26)24-14-6-13-23(15-16-24)18(25)10-9-17-7-4-5-8-17/h9-10,17H,4-8,11-16H2,1-3H3,(H,22,27)/b10-9+. The minimum absolute atomic E-state index is 0.00754. The van der Waals surface area contributed by atoms with Crippen LogP contribution >= 0.6 is 0 Å². The highest BCUT2D eigenvalue weighted by Crippen LogP contribution is 2.25. The Morgan fingerprint density at radius 2 is 1.64 bits per heavy atom. The summed E-state index contributed by atoms with van der Waals surface area (Å²) in [4.78, 5) is 40.1. The molecule has 0 aromatic rings. The van der Waals surface area contributed by atoms with Crippen LogP contribution in [0.4, 0.5) is 4.79 Å². The molecular formula is C21H35N3O4. The number of nitrogens with one attached hydrogen (secondary N) is 1. The van der Waals surface area contributed by atoms with Crippen LogP contribution in [0.15, 0.2) is 12.2 Å². The highest BCUT2D eigenvalue weighted by molar-refractivity contribution is 5.87. The zero-order valence-corrected chi connectivity index (χ0v) is 17.5. The van der Waals surface area contributed by atoms with E-state index in [4.69, 9.17) is 4.74 Å². The van der Waals surface area contributed by atoms with E-state index in [-0.39, 0.29) is 24.8 Å². The fourth-order valence-electron chi connectivity index (χ4n) is 3.60. The van der Waals surface area contributed by atoms with Crippen LogP contribution in [0.1, 0.15) is 59.3 Å². The number of allylic oxidation sites excluding steroid dienone is 1. The number of alkyl carbamates (subject to hydrolysis) is 1. The van der Waals surface area contributed by atoms with Gasteiger partial charge in [-0.15, -0.1) is 0 Å². The van der Waals surface area contributed by atoms with E-state index in [0.717, 1.165) is 6.42 Å². The van der Waals surface area contributed by atoms with Crippen LogP contribution in [0, 0.1) is 5.92 Å². The molecule has 3 amide bonds. The van der Waals surface area contributed by atoms with Crippen molar-refractivity contribution in [3.05, 3.63) is 12.2 Å². The first kappa shape index (κ1) is 22.2. The fraction of sp³-hybridized carbons (Fsp3) is 0.762. The van der Waals surface area contributed by atoms with E-state index in [2.05, 4.69) is 11.4 Å². The van der Waals surface area contributed by atoms with Crippen molar-refractivity contribution in [3.63, 3.8) is 0 Å². The molecule has 1 heterocycles. The van der Waals surface area contributed by atoms with E-state index in [9.17, 15) is 14.4 Å². The lowest BCUT2D eigenvalue weighted by Gasteiger charge is -2.22. The third kappa shape index (κ3) is 7.90. The normalized spacial score (nSPS) is 19.0. The topological polar surface area (TPSA) is 79.0 Å². The minimum atomic E-state index is -0.554. The third-order valence-corrected chi connectivity index (χ3v) is 5.08. The lowest BCUT2D eigenvalue weighted by atomic mass is 10.1. The Balaban J connectivity index is 1.70. The van der Waals surface area contributed by atoms with E-state index < -0.39 is 11.7 Å². The summed E-state index contributed by atoms with van der Waals surface area (Å²) in [5, 5.41) is 2.61. The number of amides is 3. The second-order valence-electron chi connectivity index (χ2n) is 8.64. The zero-order valence-electron chi connectivity index (χ0n) is 17.5. The van der Waals surface area contributed by atoms with E-state index in [1.165, 1.54) is 25.7 Å². The maximum atomic E-state index is 12.4. The van der Waals surface area contributed by atoms with Crippen molar-refractivity contribution in [1.29, 1.82) is 0 Å². The summed E-state index contributed by atoms with van der Waals surface area (Å²) < 4.78 is 5.16. The Bertz CT molecular complexity index is 577. The van der Waals surface area contributed by atoms with Gasteiger partial charge >= 0.3 is 6.09 Å². The van der Waals surface area contributed by atoms with Gasteiger partial charge in [-0.1, -0.05) is 18.9 Å². The van der Waals surface area contributed by atoms with Crippen LogP contribution < -0.4 is 5.32 Å². The van der Waals surface area contributed by atoms with E-state index in [1.807, 2.05) is 4.90 Å². The fourth-order valence-corrected chi connectivity index (χ4v) is 3.60. The van der Waals surface area contributed by atoms with Gasteiger partial charge in [-0.25, -0.2) is 4.79 Å². The number of carbonyl (C=O) groups excluding carboxylic acids is 3. The lowest BCUT2D eigenvalue weighted by molar-refractivity contribution is -0.131. The number of nitrogens with zero attached hydrogens (tertiary/aromatic N) is 2. The summed E-state index contributed by atoms with van der Waals surface area (Å²) in [7, 11) is 0. The summed E-state index contributed by atoms with van der Waals surface area (Å²) >= 11 is 0. The van der Waals surface area contributed by atoms with Gasteiger partial charge in [0.25, 0.3) is 0 Å². The molecular weight excluding hydrogens is 358 g/mol. The first-order chi connectivity index (χ1) is 13.2. The van der Waals surface area contributed by atoms with E-state index in [0.29, 0.717) is 32.1 Å². The molecule has 7 heteroatoms. The predicted octanol–water partition coefficient (Wildman–Crippen LogP) is 2.71. The van der Waals surface area contributed by atoms with Crippen LogP contribution in [0.2, 0.25) is 0 Å². The number of hydrogen-bond donors (Lipinski definition) is 1. The Hall–Kier alpha value is -2.05. The highest BCUT2D eigenvalue weighted by atomic mass is 16.6. The third-order valence-electron chi connectivity index (χ3n) is 5.08. The highest BCUT2D eigenvalue weighted by Gasteiger charge is 2.22. The molecule has 0 unspecified atom stereocenters.